The van der Waals surface area contributed by atoms with E-state index in [2.05, 4.69) is 31.2 Å². The second kappa shape index (κ2) is 9.24. The first kappa shape index (κ1) is 19.0. The average Bonchev–Trinajstić information content (AvgIpc) is 2.68. The highest BCUT2D eigenvalue weighted by atomic mass is 32.2. The summed E-state index contributed by atoms with van der Waals surface area (Å²) < 4.78 is 0. The van der Waals surface area contributed by atoms with Gasteiger partial charge in [-0.2, -0.15) is 0 Å². The second-order valence-corrected chi connectivity index (χ2v) is 8.04. The van der Waals surface area contributed by atoms with Gasteiger partial charge in [-0.25, -0.2) is 0 Å². The summed E-state index contributed by atoms with van der Waals surface area (Å²) in [5.74, 6) is 1.85. The molecular formula is C22H27NO2S. The average molecular weight is 370 g/mol. The molecule has 1 saturated heterocycles. The van der Waals surface area contributed by atoms with Crippen LogP contribution in [0.5, 0.6) is 0 Å². The van der Waals surface area contributed by atoms with Crippen molar-refractivity contribution in [3.8, 4) is 0 Å². The van der Waals surface area contributed by atoms with Crippen molar-refractivity contribution in [2.24, 2.45) is 5.92 Å². The molecule has 3 nitrogen and oxygen atoms in total. The Morgan fingerprint density at radius 2 is 1.88 bits per heavy atom. The SMILES string of the molecule is Cc1cccc(CSCC(=O)N2CCC(C(O)c3ccccc3)CC2)c1. The van der Waals surface area contributed by atoms with E-state index in [0.29, 0.717) is 5.75 Å². The highest BCUT2D eigenvalue weighted by molar-refractivity contribution is 7.99. The molecule has 1 aliphatic rings. The molecular weight excluding hydrogens is 342 g/mol. The maximum Gasteiger partial charge on any atom is 0.232 e. The zero-order chi connectivity index (χ0) is 18.4. The number of carbonyl (C=O) groups is 1. The van der Waals surface area contributed by atoms with Gasteiger partial charge in [0.2, 0.25) is 5.91 Å². The predicted octanol–water partition coefficient (Wildman–Crippen LogP) is 4.20. The number of nitrogens with zero attached hydrogens (tertiary/aromatic N) is 1. The Morgan fingerprint density at radius 3 is 2.58 bits per heavy atom. The summed E-state index contributed by atoms with van der Waals surface area (Å²) in [4.78, 5) is 14.4. The van der Waals surface area contributed by atoms with Gasteiger partial charge in [-0.15, -0.1) is 11.8 Å². The molecule has 1 aliphatic heterocycles. The van der Waals surface area contributed by atoms with Gasteiger partial charge < -0.3 is 10.0 Å². The van der Waals surface area contributed by atoms with Crippen LogP contribution >= 0.6 is 11.8 Å². The first-order chi connectivity index (χ1) is 12.6. The van der Waals surface area contributed by atoms with Crippen molar-refractivity contribution in [3.63, 3.8) is 0 Å². The topological polar surface area (TPSA) is 40.5 Å². The van der Waals surface area contributed by atoms with E-state index in [0.717, 1.165) is 37.2 Å². The van der Waals surface area contributed by atoms with E-state index in [4.69, 9.17) is 0 Å². The maximum atomic E-state index is 12.4. The number of amides is 1. The van der Waals surface area contributed by atoms with E-state index in [1.165, 1.54) is 11.1 Å². The fourth-order valence-electron chi connectivity index (χ4n) is 3.54. The molecule has 0 saturated carbocycles. The Hall–Kier alpha value is -1.78. The van der Waals surface area contributed by atoms with Crippen LogP contribution in [0, 0.1) is 12.8 Å². The first-order valence-corrected chi connectivity index (χ1v) is 10.4. The van der Waals surface area contributed by atoms with E-state index in [9.17, 15) is 9.90 Å². The number of hydrogen-bond acceptors (Lipinski definition) is 3. The number of likely N-dealkylation sites (tertiary alicyclic amines) is 1. The van der Waals surface area contributed by atoms with Crippen LogP contribution in [0.15, 0.2) is 54.6 Å². The van der Waals surface area contributed by atoms with E-state index in [1.807, 2.05) is 35.2 Å². The maximum absolute atomic E-state index is 12.4. The Labute approximate surface area is 160 Å². The molecule has 0 spiro atoms. The van der Waals surface area contributed by atoms with Crippen LogP contribution in [0.3, 0.4) is 0 Å². The number of carbonyl (C=O) groups excluding carboxylic acids is 1. The summed E-state index contributed by atoms with van der Waals surface area (Å²) in [7, 11) is 0. The number of piperidine rings is 1. The summed E-state index contributed by atoms with van der Waals surface area (Å²) in [6.45, 7) is 3.59. The molecule has 1 amide bonds. The van der Waals surface area contributed by atoms with Crippen LogP contribution in [-0.4, -0.2) is 34.8 Å². The van der Waals surface area contributed by atoms with Crippen LogP contribution in [-0.2, 0) is 10.5 Å². The molecule has 1 atom stereocenters. The lowest BCUT2D eigenvalue weighted by Crippen LogP contribution is -2.40. The Balaban J connectivity index is 1.42. The molecule has 2 aromatic rings. The fraction of sp³-hybridized carbons (Fsp3) is 0.409. The highest BCUT2D eigenvalue weighted by Gasteiger charge is 2.28. The number of aliphatic hydroxyl groups excluding tert-OH is 1. The summed E-state index contributed by atoms with van der Waals surface area (Å²) in [6.07, 6.45) is 1.30. The van der Waals surface area contributed by atoms with Gasteiger partial charge >= 0.3 is 0 Å². The van der Waals surface area contributed by atoms with Gasteiger partial charge in [-0.3, -0.25) is 4.79 Å². The van der Waals surface area contributed by atoms with Crippen LogP contribution in [0.4, 0.5) is 0 Å². The minimum absolute atomic E-state index is 0.218. The Kier molecular flexibility index (Phi) is 6.75. The molecule has 26 heavy (non-hydrogen) atoms. The Bertz CT molecular complexity index is 711. The van der Waals surface area contributed by atoms with Crippen molar-refractivity contribution < 1.29 is 9.90 Å². The molecule has 3 rings (SSSR count). The summed E-state index contributed by atoms with van der Waals surface area (Å²) in [5.41, 5.74) is 3.51. The summed E-state index contributed by atoms with van der Waals surface area (Å²) in [6, 6.07) is 18.3. The molecule has 138 valence electrons. The van der Waals surface area contributed by atoms with Crippen LogP contribution in [0.2, 0.25) is 0 Å². The second-order valence-electron chi connectivity index (χ2n) is 7.06. The lowest BCUT2D eigenvalue weighted by molar-refractivity contribution is -0.130. The quantitative estimate of drug-likeness (QED) is 0.830. The molecule has 4 heteroatoms. The first-order valence-electron chi connectivity index (χ1n) is 9.27. The van der Waals surface area contributed by atoms with Crippen molar-refractivity contribution in [1.29, 1.82) is 0 Å². The smallest absolute Gasteiger partial charge is 0.232 e. The monoisotopic (exact) mass is 369 g/mol. The molecule has 1 N–H and O–H groups in total. The number of benzene rings is 2. The van der Waals surface area contributed by atoms with E-state index >= 15 is 0 Å². The van der Waals surface area contributed by atoms with Crippen LogP contribution in [0.1, 0.15) is 35.6 Å². The third-order valence-electron chi connectivity index (χ3n) is 5.06. The summed E-state index contributed by atoms with van der Waals surface area (Å²) in [5, 5.41) is 10.6. The zero-order valence-corrected chi connectivity index (χ0v) is 16.1. The van der Waals surface area contributed by atoms with Crippen molar-refractivity contribution in [1.82, 2.24) is 4.90 Å². The number of rotatable bonds is 6. The molecule has 0 aliphatic carbocycles. The molecule has 0 bridgehead atoms. The van der Waals surface area contributed by atoms with Gasteiger partial charge in [0.25, 0.3) is 0 Å². The van der Waals surface area contributed by atoms with Crippen LogP contribution in [0.25, 0.3) is 0 Å². The molecule has 2 aromatic carbocycles. The number of hydrogen-bond donors (Lipinski definition) is 1. The number of thioether (sulfide) groups is 1. The normalized spacial score (nSPS) is 16.5. The standard InChI is InChI=1S/C22H27NO2S/c1-17-6-5-7-18(14-17)15-26-16-21(24)23-12-10-20(11-13-23)22(25)19-8-3-2-4-9-19/h2-9,14,20,22,25H,10-13,15-16H2,1H3. The Morgan fingerprint density at radius 1 is 1.15 bits per heavy atom. The minimum atomic E-state index is -0.427. The predicted molar refractivity (Wildman–Crippen MR) is 108 cm³/mol. The third kappa shape index (κ3) is 5.12. The summed E-state index contributed by atoms with van der Waals surface area (Å²) >= 11 is 1.68. The lowest BCUT2D eigenvalue weighted by atomic mass is 9.87. The van der Waals surface area contributed by atoms with E-state index in [-0.39, 0.29) is 11.8 Å². The van der Waals surface area contributed by atoms with Crippen molar-refractivity contribution in [3.05, 3.63) is 71.3 Å². The van der Waals surface area contributed by atoms with Crippen LogP contribution < -0.4 is 0 Å². The minimum Gasteiger partial charge on any atom is -0.388 e. The van der Waals surface area contributed by atoms with Gasteiger partial charge in [0.1, 0.15) is 0 Å². The van der Waals surface area contributed by atoms with Gasteiger partial charge in [0, 0.05) is 18.8 Å². The lowest BCUT2D eigenvalue weighted by Gasteiger charge is -2.34. The fourth-order valence-corrected chi connectivity index (χ4v) is 4.41. The van der Waals surface area contributed by atoms with Crippen molar-refractivity contribution in [2.45, 2.75) is 31.6 Å². The molecule has 1 unspecified atom stereocenters. The molecule has 1 fully saturated rings. The van der Waals surface area contributed by atoms with Gasteiger partial charge in [0.05, 0.1) is 11.9 Å². The number of aryl methyl sites for hydroxylation is 1. The highest BCUT2D eigenvalue weighted by Crippen LogP contribution is 2.30. The van der Waals surface area contributed by atoms with Crippen molar-refractivity contribution in [2.75, 3.05) is 18.8 Å². The van der Waals surface area contributed by atoms with Crippen molar-refractivity contribution >= 4 is 17.7 Å². The van der Waals surface area contributed by atoms with E-state index < -0.39 is 6.10 Å². The third-order valence-corrected chi connectivity index (χ3v) is 6.05. The molecule has 1 heterocycles. The largest absolute Gasteiger partial charge is 0.388 e. The molecule has 0 radical (unpaired) electrons. The van der Waals surface area contributed by atoms with Gasteiger partial charge in [-0.05, 0) is 36.8 Å². The zero-order valence-electron chi connectivity index (χ0n) is 15.3. The van der Waals surface area contributed by atoms with Gasteiger partial charge in [0.15, 0.2) is 0 Å². The van der Waals surface area contributed by atoms with Gasteiger partial charge in [-0.1, -0.05) is 60.2 Å². The van der Waals surface area contributed by atoms with E-state index in [1.54, 1.807) is 11.8 Å². The number of aliphatic hydroxyl groups is 1. The molecule has 0 aromatic heterocycles.